The number of ether oxygens (including phenoxy) is 2. The summed E-state index contributed by atoms with van der Waals surface area (Å²) in [5, 5.41) is 6.29. The van der Waals surface area contributed by atoms with Crippen LogP contribution in [0.2, 0.25) is 0 Å². The molecule has 3 N–H and O–H groups in total. The molecule has 0 spiro atoms. The van der Waals surface area contributed by atoms with Gasteiger partial charge in [0, 0.05) is 52.3 Å². The molecule has 8 rings (SSSR count). The lowest BCUT2D eigenvalue weighted by molar-refractivity contribution is -0.114. The molecule has 4 atom stereocenters. The zero-order valence-corrected chi connectivity index (χ0v) is 38.4. The second kappa shape index (κ2) is 16.0. The van der Waals surface area contributed by atoms with Crippen molar-refractivity contribution in [3.05, 3.63) is 57.8 Å². The van der Waals surface area contributed by atoms with Crippen LogP contribution in [0.3, 0.4) is 0 Å². The van der Waals surface area contributed by atoms with Gasteiger partial charge in [-0.05, 0) is 105 Å². The highest BCUT2D eigenvalue weighted by Crippen LogP contribution is 2.51. The summed E-state index contributed by atoms with van der Waals surface area (Å²) in [7, 11) is 0. The number of thiazole rings is 2. The summed E-state index contributed by atoms with van der Waals surface area (Å²) in [5.41, 5.74) is 11.4. The maximum absolute atomic E-state index is 12.9. The van der Waals surface area contributed by atoms with Gasteiger partial charge in [-0.25, -0.2) is 19.6 Å². The van der Waals surface area contributed by atoms with Gasteiger partial charge in [-0.15, -0.1) is 45.3 Å². The molecule has 0 saturated carbocycles. The lowest BCUT2D eigenvalue weighted by atomic mass is 9.93. The number of thiophene rings is 2. The van der Waals surface area contributed by atoms with E-state index in [1.54, 1.807) is 63.7 Å². The molecule has 0 aliphatic carbocycles. The lowest BCUT2D eigenvalue weighted by Crippen LogP contribution is -2.46. The molecule has 0 fully saturated rings. The Morgan fingerprint density at radius 3 is 1.59 bits per heavy atom. The Morgan fingerprint density at radius 2 is 1.15 bits per heavy atom. The van der Waals surface area contributed by atoms with Crippen molar-refractivity contribution in [1.82, 2.24) is 29.7 Å². The maximum atomic E-state index is 12.9. The second-order valence-electron chi connectivity index (χ2n) is 17.0. The lowest BCUT2D eigenvalue weighted by Gasteiger charge is -2.39. The number of anilines is 2. The quantitative estimate of drug-likeness (QED) is 0.175. The van der Waals surface area contributed by atoms with Crippen molar-refractivity contribution in [2.24, 2.45) is 0 Å². The minimum atomic E-state index is -0.562. The third-order valence-electron chi connectivity index (χ3n) is 9.95. The Hall–Kier alpha value is -4.71. The fourth-order valence-corrected chi connectivity index (χ4v) is 12.3. The van der Waals surface area contributed by atoms with Crippen LogP contribution in [0.4, 0.5) is 19.6 Å². The van der Waals surface area contributed by atoms with E-state index in [-0.39, 0.29) is 42.3 Å². The predicted octanol–water partition coefficient (Wildman–Crippen LogP) is 10.9. The Morgan fingerprint density at radius 1 is 0.712 bits per heavy atom. The molecule has 312 valence electrons. The fourth-order valence-electron chi connectivity index (χ4n) is 7.66. The summed E-state index contributed by atoms with van der Waals surface area (Å²) in [6.45, 7) is 20.9. The van der Waals surface area contributed by atoms with Crippen LogP contribution in [0, 0.1) is 0 Å². The van der Waals surface area contributed by atoms with E-state index in [9.17, 15) is 14.4 Å². The predicted molar refractivity (Wildman–Crippen MR) is 239 cm³/mol. The van der Waals surface area contributed by atoms with Crippen molar-refractivity contribution < 1.29 is 23.9 Å². The molecule has 0 saturated heterocycles. The zero-order valence-electron chi connectivity index (χ0n) is 35.1. The normalized spacial score (nSPS) is 19.2. The molecule has 13 nitrogen and oxygen atoms in total. The van der Waals surface area contributed by atoms with Crippen molar-refractivity contribution in [1.29, 1.82) is 0 Å². The maximum Gasteiger partial charge on any atom is 0.411 e. The molecule has 59 heavy (non-hydrogen) atoms. The van der Waals surface area contributed by atoms with Gasteiger partial charge in [-0.2, -0.15) is 0 Å². The van der Waals surface area contributed by atoms with Crippen LogP contribution in [0.5, 0.6) is 0 Å². The number of pyridine rings is 2. The first-order chi connectivity index (χ1) is 27.7. The smallest absolute Gasteiger partial charge is 0.411 e. The van der Waals surface area contributed by atoms with Gasteiger partial charge in [0.15, 0.2) is 0 Å². The molecule has 8 heterocycles. The first-order valence-electron chi connectivity index (χ1n) is 19.5. The summed E-state index contributed by atoms with van der Waals surface area (Å²) in [4.78, 5) is 61.3. The van der Waals surface area contributed by atoms with Crippen LogP contribution >= 0.6 is 45.3 Å². The number of nitrogens with two attached hydrogens (primary N) is 1. The number of hydrogen-bond acceptors (Lipinski definition) is 14. The Balaban J connectivity index is 0.000000180. The van der Waals surface area contributed by atoms with Crippen molar-refractivity contribution in [2.75, 3.05) is 11.1 Å². The molecule has 2 aliphatic rings. The second-order valence-corrected chi connectivity index (χ2v) is 21.2. The number of rotatable bonds is 3. The molecule has 0 bridgehead atoms. The Kier molecular flexibility index (Phi) is 11.5. The Labute approximate surface area is 360 Å². The van der Waals surface area contributed by atoms with Gasteiger partial charge in [0.1, 0.15) is 37.3 Å². The van der Waals surface area contributed by atoms with Crippen LogP contribution in [0.15, 0.2) is 36.9 Å². The van der Waals surface area contributed by atoms with Gasteiger partial charge in [-0.3, -0.25) is 24.6 Å². The van der Waals surface area contributed by atoms with Crippen molar-refractivity contribution >= 4 is 93.9 Å². The molecule has 6 aromatic heterocycles. The molecular formula is C42H50N8O5S4. The van der Waals surface area contributed by atoms with Gasteiger partial charge in [0.05, 0.1) is 38.9 Å². The summed E-state index contributed by atoms with van der Waals surface area (Å²) in [6.07, 6.45) is 7.86. The fraction of sp³-hybridized carbons (Fsp3) is 0.452. The molecule has 6 aromatic rings. The standard InChI is InChI=1S/C22H26N4O3S2.C20H24N4O2S2/c1-11-9-14-17(20-25-15-10-23-8-7-16(15)30-20)19(24-13(3)27)31-18(14)12(2)26(11)21(28)29-22(4,5)6;1-10-8-12-15(18-23-13-9-22-7-6-14(13)27-18)17(21)28-16(12)11(2)24(10)19(25)26-20(3,4)5/h7-8,10-12H,9H2,1-6H3,(H,24,27);6-7,9-11H,8,21H2,1-5H3. The van der Waals surface area contributed by atoms with Crippen LogP contribution in [0.25, 0.3) is 41.6 Å². The van der Waals surface area contributed by atoms with Crippen LogP contribution in [0.1, 0.15) is 109 Å². The first-order valence-corrected chi connectivity index (χ1v) is 22.8. The molecular weight excluding hydrogens is 825 g/mol. The number of nitrogens with one attached hydrogen (secondary N) is 1. The van der Waals surface area contributed by atoms with E-state index >= 15 is 0 Å². The monoisotopic (exact) mass is 874 g/mol. The molecule has 0 radical (unpaired) electrons. The van der Waals surface area contributed by atoms with Crippen LogP contribution in [-0.4, -0.2) is 71.1 Å². The molecule has 4 unspecified atom stereocenters. The SMILES string of the molecule is CC(=O)Nc1sc2c(c1-c1nc3cnccc3s1)CC(C)N(C(=O)OC(C)(C)C)C2C.CC1Cc2c(sc(N)c2-c2nc3cnccc3s2)C(C)N1C(=O)OC(C)(C)C. The minimum absolute atomic E-state index is 0.0149. The molecule has 2 aliphatic heterocycles. The highest BCUT2D eigenvalue weighted by atomic mass is 32.1. The highest BCUT2D eigenvalue weighted by molar-refractivity contribution is 7.23. The average molecular weight is 875 g/mol. The van der Waals surface area contributed by atoms with Crippen molar-refractivity contribution in [3.63, 3.8) is 0 Å². The summed E-state index contributed by atoms with van der Waals surface area (Å²) in [6, 6.07) is 3.62. The largest absolute Gasteiger partial charge is 0.444 e. The number of aromatic nitrogens is 4. The van der Waals surface area contributed by atoms with E-state index < -0.39 is 11.2 Å². The molecule has 17 heteroatoms. The van der Waals surface area contributed by atoms with Crippen LogP contribution < -0.4 is 11.1 Å². The summed E-state index contributed by atoms with van der Waals surface area (Å²) < 4.78 is 13.4. The van der Waals surface area contributed by atoms with E-state index in [1.807, 2.05) is 79.3 Å². The summed E-state index contributed by atoms with van der Waals surface area (Å²) in [5.74, 6) is -0.132. The van der Waals surface area contributed by atoms with Crippen LogP contribution in [-0.2, 0) is 27.1 Å². The van der Waals surface area contributed by atoms with Gasteiger partial charge in [0.25, 0.3) is 0 Å². The Bertz CT molecular complexity index is 2500. The number of carbonyl (C=O) groups excluding carboxylic acids is 3. The minimum Gasteiger partial charge on any atom is -0.444 e. The van der Waals surface area contributed by atoms with Crippen molar-refractivity contribution in [3.8, 4) is 21.1 Å². The number of carbonyl (C=O) groups is 3. The number of amides is 3. The number of fused-ring (bicyclic) bond motifs is 4. The van der Waals surface area contributed by atoms with E-state index in [0.29, 0.717) is 6.42 Å². The third kappa shape index (κ3) is 8.65. The summed E-state index contributed by atoms with van der Waals surface area (Å²) >= 11 is 6.28. The van der Waals surface area contributed by atoms with E-state index in [1.165, 1.54) is 23.8 Å². The van der Waals surface area contributed by atoms with Gasteiger partial charge in [-0.1, -0.05) is 0 Å². The van der Waals surface area contributed by atoms with Gasteiger partial charge < -0.3 is 20.5 Å². The van der Waals surface area contributed by atoms with E-state index in [4.69, 9.17) is 25.2 Å². The van der Waals surface area contributed by atoms with E-state index in [2.05, 4.69) is 22.2 Å². The first kappa shape index (κ1) is 42.4. The van der Waals surface area contributed by atoms with Gasteiger partial charge in [0.2, 0.25) is 5.91 Å². The average Bonchev–Trinajstić information content (AvgIpc) is 3.89. The number of nitrogens with zero attached hydrogens (tertiary/aromatic N) is 6. The highest BCUT2D eigenvalue weighted by Gasteiger charge is 2.41. The third-order valence-corrected chi connectivity index (χ3v) is 14.6. The van der Waals surface area contributed by atoms with Crippen molar-refractivity contribution in [2.45, 2.75) is 124 Å². The molecule has 0 aromatic carbocycles. The molecule has 3 amide bonds. The topological polar surface area (TPSA) is 166 Å². The number of hydrogen-bond donors (Lipinski definition) is 2. The number of nitrogen functional groups attached to an aromatic ring is 1. The van der Waals surface area contributed by atoms with Gasteiger partial charge >= 0.3 is 12.2 Å². The zero-order chi connectivity index (χ0) is 42.7. The van der Waals surface area contributed by atoms with E-state index in [0.717, 1.165) is 73.3 Å².